The highest BCUT2D eigenvalue weighted by Crippen LogP contribution is 1.71. The van der Waals surface area contributed by atoms with Crippen molar-refractivity contribution in [2.24, 2.45) is 16.5 Å². The fraction of sp³-hybridized carbons (Fsp3) is 0.750. The van der Waals surface area contributed by atoms with Gasteiger partial charge < -0.3 is 11.5 Å². The number of guanidine groups is 1. The Hall–Kier alpha value is -0.770. The highest BCUT2D eigenvalue weighted by Gasteiger charge is 1.82. The van der Waals surface area contributed by atoms with Crippen molar-refractivity contribution in [1.29, 1.82) is 0 Å². The molecule has 4 N–H and O–H groups in total. The normalized spacial score (nSPS) is 9.38. The van der Waals surface area contributed by atoms with Crippen molar-refractivity contribution in [2.45, 2.75) is 0 Å². The quantitative estimate of drug-likeness (QED) is 0.351. The first-order valence-electron chi connectivity index (χ1n) is 2.33. The fourth-order valence-electron chi connectivity index (χ4n) is 0.223. The van der Waals surface area contributed by atoms with Gasteiger partial charge in [-0.15, -0.1) is 0 Å². The first-order chi connectivity index (χ1) is 3.63. The lowest BCUT2D eigenvalue weighted by molar-refractivity contribution is 0.424. The summed E-state index contributed by atoms with van der Waals surface area (Å²) < 4.78 is 0. The molecule has 0 aliphatic heterocycles. The monoisotopic (exact) mass is 116 g/mol. The van der Waals surface area contributed by atoms with Crippen LogP contribution in [-0.4, -0.2) is 31.6 Å². The maximum atomic E-state index is 5.04. The summed E-state index contributed by atoms with van der Waals surface area (Å²) in [6, 6.07) is 0. The third-order valence-corrected chi connectivity index (χ3v) is 0.536. The van der Waals surface area contributed by atoms with Gasteiger partial charge >= 0.3 is 0 Å². The molecule has 4 nitrogen and oxygen atoms in total. The van der Waals surface area contributed by atoms with Crippen LogP contribution in [0.3, 0.4) is 0 Å². The van der Waals surface area contributed by atoms with Crippen LogP contribution in [0.25, 0.3) is 0 Å². The second kappa shape index (κ2) is 3.26. The van der Waals surface area contributed by atoms with Crippen molar-refractivity contribution in [3.63, 3.8) is 0 Å². The van der Waals surface area contributed by atoms with Crippen LogP contribution in [0.15, 0.2) is 4.99 Å². The van der Waals surface area contributed by atoms with E-state index < -0.39 is 0 Å². The van der Waals surface area contributed by atoms with Crippen LogP contribution in [0.2, 0.25) is 0 Å². The Kier molecular flexibility index (Phi) is 2.95. The van der Waals surface area contributed by atoms with Crippen molar-refractivity contribution in [3.8, 4) is 0 Å². The van der Waals surface area contributed by atoms with Crippen molar-refractivity contribution in [2.75, 3.05) is 20.8 Å². The fourth-order valence-corrected chi connectivity index (χ4v) is 0.223. The Morgan fingerprint density at radius 2 is 2.00 bits per heavy atom. The van der Waals surface area contributed by atoms with Gasteiger partial charge in [-0.2, -0.15) is 0 Å². The van der Waals surface area contributed by atoms with E-state index in [2.05, 4.69) is 4.99 Å². The first kappa shape index (κ1) is 7.23. The van der Waals surface area contributed by atoms with Gasteiger partial charge in [0.15, 0.2) is 5.96 Å². The molecule has 48 valence electrons. The predicted octanol–water partition coefficient (Wildman–Crippen LogP) is -1.22. The molecule has 0 rings (SSSR count). The SMILES string of the molecule is CN(C)CN=C(N)N. The van der Waals surface area contributed by atoms with Crippen LogP contribution < -0.4 is 11.5 Å². The summed E-state index contributed by atoms with van der Waals surface area (Å²) in [5.41, 5.74) is 10.1. The molecule has 4 heteroatoms. The lowest BCUT2D eigenvalue weighted by Gasteiger charge is -2.03. The zero-order valence-electron chi connectivity index (χ0n) is 5.26. The third-order valence-electron chi connectivity index (χ3n) is 0.536. The molecule has 0 unspecified atom stereocenters. The van der Waals surface area contributed by atoms with Crippen molar-refractivity contribution in [3.05, 3.63) is 0 Å². The summed E-state index contributed by atoms with van der Waals surface area (Å²) in [7, 11) is 3.79. The Bertz CT molecular complexity index is 82.0. The van der Waals surface area contributed by atoms with Crippen LogP contribution in [0.5, 0.6) is 0 Å². The van der Waals surface area contributed by atoms with Crippen LogP contribution >= 0.6 is 0 Å². The molecule has 0 amide bonds. The molecule has 0 aromatic rings. The van der Waals surface area contributed by atoms with E-state index in [0.29, 0.717) is 6.67 Å². The Morgan fingerprint density at radius 1 is 1.50 bits per heavy atom. The second-order valence-electron chi connectivity index (χ2n) is 1.80. The second-order valence-corrected chi connectivity index (χ2v) is 1.80. The zero-order valence-corrected chi connectivity index (χ0v) is 5.26. The Morgan fingerprint density at radius 3 is 2.12 bits per heavy atom. The Labute approximate surface area is 49.2 Å². The molecule has 0 heterocycles. The summed E-state index contributed by atoms with van der Waals surface area (Å²) in [4.78, 5) is 5.60. The summed E-state index contributed by atoms with van der Waals surface area (Å²) in [5, 5.41) is 0. The van der Waals surface area contributed by atoms with Crippen LogP contribution in [0, 0.1) is 0 Å². The molecule has 0 saturated carbocycles. The van der Waals surface area contributed by atoms with E-state index in [4.69, 9.17) is 11.5 Å². The minimum Gasteiger partial charge on any atom is -0.370 e. The average molecular weight is 116 g/mol. The molecule has 0 atom stereocenters. The van der Waals surface area contributed by atoms with Crippen molar-refractivity contribution >= 4 is 5.96 Å². The van der Waals surface area contributed by atoms with Crippen molar-refractivity contribution < 1.29 is 0 Å². The number of hydrogen-bond acceptors (Lipinski definition) is 2. The maximum absolute atomic E-state index is 5.04. The van der Waals surface area contributed by atoms with Crippen molar-refractivity contribution in [1.82, 2.24) is 4.90 Å². The molecule has 8 heavy (non-hydrogen) atoms. The van der Waals surface area contributed by atoms with Crippen LogP contribution in [0.4, 0.5) is 0 Å². The van der Waals surface area contributed by atoms with Gasteiger partial charge in [-0.05, 0) is 14.1 Å². The molecule has 0 radical (unpaired) electrons. The van der Waals surface area contributed by atoms with E-state index in [1.54, 1.807) is 0 Å². The van der Waals surface area contributed by atoms with Crippen LogP contribution in [0.1, 0.15) is 0 Å². The molecular formula is C4H12N4. The molecule has 0 aromatic heterocycles. The smallest absolute Gasteiger partial charge is 0.187 e. The summed E-state index contributed by atoms with van der Waals surface area (Å²) in [5.74, 6) is 0.138. The maximum Gasteiger partial charge on any atom is 0.187 e. The van der Waals surface area contributed by atoms with Gasteiger partial charge in [-0.25, -0.2) is 4.99 Å². The molecule has 0 spiro atoms. The standard InChI is InChI=1S/C4H12N4/c1-8(2)3-7-4(5)6/h3H2,1-2H3,(H4,5,6,7). The van der Waals surface area contributed by atoms with E-state index in [1.807, 2.05) is 19.0 Å². The summed E-state index contributed by atoms with van der Waals surface area (Å²) in [6.45, 7) is 0.558. The Balaban J connectivity index is 3.29. The molecular weight excluding hydrogens is 104 g/mol. The number of aliphatic imine (C=N–C) groups is 1. The molecule has 0 aliphatic rings. The highest BCUT2D eigenvalue weighted by molar-refractivity contribution is 5.75. The van der Waals surface area contributed by atoms with Gasteiger partial charge in [0.25, 0.3) is 0 Å². The van der Waals surface area contributed by atoms with Gasteiger partial charge in [0, 0.05) is 0 Å². The topological polar surface area (TPSA) is 67.6 Å². The largest absolute Gasteiger partial charge is 0.370 e. The van der Waals surface area contributed by atoms with E-state index in [1.165, 1.54) is 0 Å². The van der Waals surface area contributed by atoms with E-state index in [0.717, 1.165) is 0 Å². The van der Waals surface area contributed by atoms with Gasteiger partial charge in [-0.1, -0.05) is 0 Å². The molecule has 0 fully saturated rings. The molecule has 0 bridgehead atoms. The average Bonchev–Trinajstić information content (AvgIpc) is 1.61. The predicted molar refractivity (Wildman–Crippen MR) is 34.4 cm³/mol. The van der Waals surface area contributed by atoms with E-state index >= 15 is 0 Å². The highest BCUT2D eigenvalue weighted by atomic mass is 15.2. The van der Waals surface area contributed by atoms with Gasteiger partial charge in [0.05, 0.1) is 6.67 Å². The summed E-state index contributed by atoms with van der Waals surface area (Å²) in [6.07, 6.45) is 0. The lowest BCUT2D eigenvalue weighted by Crippen LogP contribution is -2.25. The molecule has 0 aliphatic carbocycles. The van der Waals surface area contributed by atoms with Gasteiger partial charge in [-0.3, -0.25) is 4.90 Å². The van der Waals surface area contributed by atoms with Crippen LogP contribution in [-0.2, 0) is 0 Å². The minimum atomic E-state index is 0.138. The summed E-state index contributed by atoms with van der Waals surface area (Å²) >= 11 is 0. The molecule has 0 aromatic carbocycles. The number of nitrogens with two attached hydrogens (primary N) is 2. The number of rotatable bonds is 2. The van der Waals surface area contributed by atoms with Gasteiger partial charge in [0.2, 0.25) is 0 Å². The van der Waals surface area contributed by atoms with E-state index in [9.17, 15) is 0 Å². The minimum absolute atomic E-state index is 0.138. The lowest BCUT2D eigenvalue weighted by atomic mass is 10.9. The number of nitrogens with zero attached hydrogens (tertiary/aromatic N) is 2. The first-order valence-corrected chi connectivity index (χ1v) is 2.33. The van der Waals surface area contributed by atoms with E-state index in [-0.39, 0.29) is 5.96 Å². The number of hydrogen-bond donors (Lipinski definition) is 2. The molecule has 0 saturated heterocycles. The third kappa shape index (κ3) is 5.23. The van der Waals surface area contributed by atoms with Gasteiger partial charge in [0.1, 0.15) is 0 Å². The zero-order chi connectivity index (χ0) is 6.57.